The monoisotopic (exact) mass is 182 g/mol. The van der Waals surface area contributed by atoms with Crippen LogP contribution >= 0.6 is 0 Å². The molecule has 0 saturated heterocycles. The van der Waals surface area contributed by atoms with E-state index in [0.717, 1.165) is 12.1 Å². The standard InChI is InChI=1S/C12H10N2/c13-14-11-7-9-5-1-3-8-4-2-6-10(11)12(8)9/h1-6H,7,13H2/b14-11-. The number of benzene rings is 2. The van der Waals surface area contributed by atoms with Crippen molar-refractivity contribution in [1.82, 2.24) is 0 Å². The van der Waals surface area contributed by atoms with E-state index < -0.39 is 0 Å². The lowest BCUT2D eigenvalue weighted by Crippen LogP contribution is -2.01. The van der Waals surface area contributed by atoms with Crippen LogP contribution in [-0.4, -0.2) is 5.71 Å². The van der Waals surface area contributed by atoms with Gasteiger partial charge in [-0.1, -0.05) is 36.4 Å². The van der Waals surface area contributed by atoms with E-state index in [9.17, 15) is 0 Å². The van der Waals surface area contributed by atoms with E-state index in [4.69, 9.17) is 5.84 Å². The van der Waals surface area contributed by atoms with Crippen LogP contribution in [0, 0.1) is 0 Å². The highest BCUT2D eigenvalue weighted by atomic mass is 15.1. The first-order valence-corrected chi connectivity index (χ1v) is 4.68. The van der Waals surface area contributed by atoms with Crippen LogP contribution in [-0.2, 0) is 6.42 Å². The Morgan fingerprint density at radius 3 is 2.64 bits per heavy atom. The molecule has 0 saturated carbocycles. The molecule has 0 fully saturated rings. The van der Waals surface area contributed by atoms with Gasteiger partial charge in [-0.15, -0.1) is 0 Å². The van der Waals surface area contributed by atoms with E-state index in [1.807, 2.05) is 0 Å². The summed E-state index contributed by atoms with van der Waals surface area (Å²) in [6, 6.07) is 12.6. The average Bonchev–Trinajstić information content (AvgIpc) is 2.60. The van der Waals surface area contributed by atoms with Crippen LogP contribution in [0.5, 0.6) is 0 Å². The molecule has 2 nitrogen and oxygen atoms in total. The third-order valence-corrected chi connectivity index (χ3v) is 2.82. The lowest BCUT2D eigenvalue weighted by Gasteiger charge is -1.99. The van der Waals surface area contributed by atoms with Crippen LogP contribution in [0.3, 0.4) is 0 Å². The number of hydrogen-bond acceptors (Lipinski definition) is 2. The van der Waals surface area contributed by atoms with Gasteiger partial charge >= 0.3 is 0 Å². The smallest absolute Gasteiger partial charge is 0.0723 e. The van der Waals surface area contributed by atoms with Gasteiger partial charge in [0.15, 0.2) is 0 Å². The summed E-state index contributed by atoms with van der Waals surface area (Å²) in [5.74, 6) is 5.38. The van der Waals surface area contributed by atoms with Gasteiger partial charge in [0.2, 0.25) is 0 Å². The van der Waals surface area contributed by atoms with E-state index in [2.05, 4.69) is 41.5 Å². The van der Waals surface area contributed by atoms with E-state index in [1.165, 1.54) is 21.9 Å². The summed E-state index contributed by atoms with van der Waals surface area (Å²) in [6.45, 7) is 0. The molecule has 0 atom stereocenters. The molecule has 1 aliphatic rings. The molecule has 68 valence electrons. The summed E-state index contributed by atoms with van der Waals surface area (Å²) >= 11 is 0. The largest absolute Gasteiger partial charge is 0.323 e. The number of rotatable bonds is 0. The molecule has 2 N–H and O–H groups in total. The second-order valence-electron chi connectivity index (χ2n) is 3.57. The number of nitrogens with two attached hydrogens (primary N) is 1. The van der Waals surface area contributed by atoms with Crippen molar-refractivity contribution in [3.8, 4) is 0 Å². The highest BCUT2D eigenvalue weighted by Gasteiger charge is 2.18. The van der Waals surface area contributed by atoms with Crippen molar-refractivity contribution in [3.63, 3.8) is 0 Å². The van der Waals surface area contributed by atoms with Gasteiger partial charge in [-0.3, -0.25) is 0 Å². The Labute approximate surface area is 82.0 Å². The molecular formula is C12H10N2. The number of hydrogen-bond donors (Lipinski definition) is 1. The zero-order valence-corrected chi connectivity index (χ0v) is 7.70. The van der Waals surface area contributed by atoms with Crippen LogP contribution < -0.4 is 5.84 Å². The summed E-state index contributed by atoms with van der Waals surface area (Å²) in [7, 11) is 0. The van der Waals surface area contributed by atoms with Crippen LogP contribution in [0.2, 0.25) is 0 Å². The van der Waals surface area contributed by atoms with Crippen LogP contribution in [0.1, 0.15) is 11.1 Å². The van der Waals surface area contributed by atoms with Gasteiger partial charge in [-0.25, -0.2) is 0 Å². The lowest BCUT2D eigenvalue weighted by atomic mass is 10.1. The lowest BCUT2D eigenvalue weighted by molar-refractivity contribution is 1.21. The molecule has 0 heterocycles. The molecule has 2 aromatic carbocycles. The zero-order chi connectivity index (χ0) is 9.54. The minimum Gasteiger partial charge on any atom is -0.323 e. The summed E-state index contributed by atoms with van der Waals surface area (Å²) in [4.78, 5) is 0. The van der Waals surface area contributed by atoms with Crippen LogP contribution in [0.4, 0.5) is 0 Å². The Hall–Kier alpha value is -1.83. The third kappa shape index (κ3) is 0.826. The predicted octanol–water partition coefficient (Wildman–Crippen LogP) is 2.06. The fourth-order valence-corrected chi connectivity index (χ4v) is 2.20. The van der Waals surface area contributed by atoms with E-state index in [1.54, 1.807) is 0 Å². The number of hydrazone groups is 1. The van der Waals surface area contributed by atoms with Gasteiger partial charge in [0.1, 0.15) is 0 Å². The van der Waals surface area contributed by atoms with Crippen molar-refractivity contribution >= 4 is 16.5 Å². The molecule has 2 heteroatoms. The maximum atomic E-state index is 5.38. The Kier molecular flexibility index (Phi) is 1.39. The SMILES string of the molecule is N/N=C1/Cc2cccc3cccc1c23. The van der Waals surface area contributed by atoms with Crippen molar-refractivity contribution in [1.29, 1.82) is 0 Å². The van der Waals surface area contributed by atoms with Crippen LogP contribution in [0.25, 0.3) is 10.8 Å². The molecule has 0 radical (unpaired) electrons. The van der Waals surface area contributed by atoms with E-state index in [-0.39, 0.29) is 0 Å². The van der Waals surface area contributed by atoms with Gasteiger partial charge in [0, 0.05) is 12.0 Å². The minimum absolute atomic E-state index is 0.868. The minimum atomic E-state index is 0.868. The average molecular weight is 182 g/mol. The highest BCUT2D eigenvalue weighted by Crippen LogP contribution is 2.30. The molecule has 0 amide bonds. The summed E-state index contributed by atoms with van der Waals surface area (Å²) in [6.07, 6.45) is 0.868. The molecule has 1 aliphatic carbocycles. The van der Waals surface area contributed by atoms with Gasteiger partial charge in [0.05, 0.1) is 5.71 Å². The van der Waals surface area contributed by atoms with Crippen molar-refractivity contribution in [2.45, 2.75) is 6.42 Å². The molecule has 0 aliphatic heterocycles. The molecule has 0 bridgehead atoms. The van der Waals surface area contributed by atoms with Gasteiger partial charge < -0.3 is 5.84 Å². The maximum absolute atomic E-state index is 5.38. The predicted molar refractivity (Wildman–Crippen MR) is 58.4 cm³/mol. The van der Waals surface area contributed by atoms with Gasteiger partial charge in [-0.05, 0) is 16.3 Å². The van der Waals surface area contributed by atoms with Gasteiger partial charge in [-0.2, -0.15) is 5.10 Å². The first kappa shape index (κ1) is 7.56. The second kappa shape index (κ2) is 2.58. The first-order valence-electron chi connectivity index (χ1n) is 4.68. The molecular weight excluding hydrogens is 172 g/mol. The Morgan fingerprint density at radius 2 is 1.86 bits per heavy atom. The summed E-state index contributed by atoms with van der Waals surface area (Å²) in [5, 5.41) is 6.44. The quantitative estimate of drug-likeness (QED) is 0.491. The summed E-state index contributed by atoms with van der Waals surface area (Å²) in [5.41, 5.74) is 3.53. The molecule has 0 unspecified atom stereocenters. The molecule has 14 heavy (non-hydrogen) atoms. The zero-order valence-electron chi connectivity index (χ0n) is 7.70. The fraction of sp³-hybridized carbons (Fsp3) is 0.0833. The topological polar surface area (TPSA) is 38.4 Å². The summed E-state index contributed by atoms with van der Waals surface area (Å²) < 4.78 is 0. The molecule has 0 spiro atoms. The van der Waals surface area contributed by atoms with Crippen molar-refractivity contribution in [3.05, 3.63) is 47.5 Å². The molecule has 0 aromatic heterocycles. The van der Waals surface area contributed by atoms with Crippen molar-refractivity contribution in [2.75, 3.05) is 0 Å². The first-order chi connectivity index (χ1) is 6.90. The second-order valence-corrected chi connectivity index (χ2v) is 3.57. The van der Waals surface area contributed by atoms with Crippen molar-refractivity contribution in [2.24, 2.45) is 10.9 Å². The third-order valence-electron chi connectivity index (χ3n) is 2.82. The van der Waals surface area contributed by atoms with Crippen LogP contribution in [0.15, 0.2) is 41.5 Å². The Morgan fingerprint density at radius 1 is 1.07 bits per heavy atom. The van der Waals surface area contributed by atoms with E-state index in [0.29, 0.717) is 0 Å². The number of nitrogens with zero attached hydrogens (tertiary/aromatic N) is 1. The Bertz CT molecular complexity index is 536. The fourth-order valence-electron chi connectivity index (χ4n) is 2.20. The molecule has 2 aromatic rings. The molecule has 3 rings (SSSR count). The maximum Gasteiger partial charge on any atom is 0.0723 e. The van der Waals surface area contributed by atoms with Crippen molar-refractivity contribution < 1.29 is 0 Å². The normalized spacial score (nSPS) is 16.7. The van der Waals surface area contributed by atoms with Gasteiger partial charge in [0.25, 0.3) is 0 Å². The highest BCUT2D eigenvalue weighted by molar-refractivity contribution is 6.17. The Balaban J connectivity index is 2.50. The van der Waals surface area contributed by atoms with E-state index >= 15 is 0 Å².